The van der Waals surface area contributed by atoms with Crippen LogP contribution in [0.2, 0.25) is 0 Å². The number of H-pyrrole nitrogens is 1. The first kappa shape index (κ1) is 9.08. The lowest BCUT2D eigenvalue weighted by Crippen LogP contribution is -2.15. The molecule has 0 saturated carbocycles. The Morgan fingerprint density at radius 2 is 2.12 bits per heavy atom. The van der Waals surface area contributed by atoms with E-state index in [9.17, 15) is 0 Å². The molecule has 0 atom stereocenters. The van der Waals surface area contributed by atoms with E-state index in [0.717, 1.165) is 22.8 Å². The van der Waals surface area contributed by atoms with Crippen LogP contribution in [-0.4, -0.2) is 23.4 Å². The van der Waals surface area contributed by atoms with Crippen LogP contribution in [0.4, 0.5) is 5.82 Å². The summed E-state index contributed by atoms with van der Waals surface area (Å²) in [5.74, 6) is 1.97. The number of hydrogen-bond acceptors (Lipinski definition) is 4. The molecule has 3 N–H and O–H groups in total. The Balaban J connectivity index is 2.13. The largest absolute Gasteiger partial charge is 0.486 e. The fourth-order valence-corrected chi connectivity index (χ4v) is 1.76. The summed E-state index contributed by atoms with van der Waals surface area (Å²) in [6.07, 6.45) is 0. The molecule has 1 aliphatic rings. The number of nitrogens with one attached hydrogen (secondary N) is 1. The number of para-hydroxylation sites is 1. The van der Waals surface area contributed by atoms with Crippen LogP contribution in [0.1, 0.15) is 0 Å². The monoisotopic (exact) mass is 217 g/mol. The van der Waals surface area contributed by atoms with Crippen molar-refractivity contribution in [2.75, 3.05) is 18.9 Å². The summed E-state index contributed by atoms with van der Waals surface area (Å²) >= 11 is 0. The second-order valence-electron chi connectivity index (χ2n) is 3.54. The molecule has 3 rings (SSSR count). The first-order valence-corrected chi connectivity index (χ1v) is 5.04. The third kappa shape index (κ3) is 1.37. The molecule has 0 spiro atoms. The molecular formula is C11H11N3O2. The first-order chi connectivity index (χ1) is 7.84. The molecule has 1 aliphatic heterocycles. The van der Waals surface area contributed by atoms with Crippen LogP contribution in [-0.2, 0) is 0 Å². The topological polar surface area (TPSA) is 73.2 Å². The van der Waals surface area contributed by atoms with Crippen LogP contribution < -0.4 is 15.2 Å². The van der Waals surface area contributed by atoms with Gasteiger partial charge in [-0.1, -0.05) is 6.07 Å². The number of nitrogens with zero attached hydrogens (tertiary/aromatic N) is 1. The molecule has 0 bridgehead atoms. The van der Waals surface area contributed by atoms with Crippen LogP contribution in [0, 0.1) is 0 Å². The average molecular weight is 217 g/mol. The van der Waals surface area contributed by atoms with Gasteiger partial charge in [0, 0.05) is 11.6 Å². The lowest BCUT2D eigenvalue weighted by atomic mass is 10.1. The number of benzene rings is 1. The summed E-state index contributed by atoms with van der Waals surface area (Å²) in [7, 11) is 0. The summed E-state index contributed by atoms with van der Waals surface area (Å²) in [4.78, 5) is 0. The number of fused-ring (bicyclic) bond motifs is 1. The third-order valence-corrected chi connectivity index (χ3v) is 2.45. The van der Waals surface area contributed by atoms with Crippen LogP contribution in [0.3, 0.4) is 0 Å². The Kier molecular flexibility index (Phi) is 1.96. The molecule has 0 unspecified atom stereocenters. The van der Waals surface area contributed by atoms with Crippen molar-refractivity contribution in [3.63, 3.8) is 0 Å². The van der Waals surface area contributed by atoms with Gasteiger partial charge in [0.1, 0.15) is 19.0 Å². The molecule has 0 amide bonds. The highest BCUT2D eigenvalue weighted by molar-refractivity contribution is 5.72. The van der Waals surface area contributed by atoms with Crippen molar-refractivity contribution in [3.05, 3.63) is 24.3 Å². The Morgan fingerprint density at radius 1 is 1.25 bits per heavy atom. The minimum Gasteiger partial charge on any atom is -0.486 e. The molecular weight excluding hydrogens is 206 g/mol. The SMILES string of the molecule is Nc1cc(-c2cccc3c2OCCO3)[nH]n1. The molecule has 16 heavy (non-hydrogen) atoms. The maximum Gasteiger partial charge on any atom is 0.170 e. The van der Waals surface area contributed by atoms with Gasteiger partial charge in [-0.3, -0.25) is 5.10 Å². The summed E-state index contributed by atoms with van der Waals surface area (Å²) < 4.78 is 11.1. The molecule has 1 aromatic heterocycles. The van der Waals surface area contributed by atoms with E-state index >= 15 is 0 Å². The molecule has 0 fully saturated rings. The molecule has 1 aromatic carbocycles. The number of hydrogen-bond donors (Lipinski definition) is 2. The molecule has 0 radical (unpaired) electrons. The number of ether oxygens (including phenoxy) is 2. The van der Waals surface area contributed by atoms with Crippen molar-refractivity contribution in [1.29, 1.82) is 0 Å². The maximum absolute atomic E-state index is 5.60. The maximum atomic E-state index is 5.60. The van der Waals surface area contributed by atoms with E-state index in [1.165, 1.54) is 0 Å². The zero-order chi connectivity index (χ0) is 11.0. The normalized spacial score (nSPS) is 13.8. The molecule has 0 saturated heterocycles. The van der Waals surface area contributed by atoms with Crippen LogP contribution in [0.15, 0.2) is 24.3 Å². The lowest BCUT2D eigenvalue weighted by Gasteiger charge is -2.20. The van der Waals surface area contributed by atoms with Gasteiger partial charge < -0.3 is 15.2 Å². The van der Waals surface area contributed by atoms with Gasteiger partial charge in [-0.25, -0.2) is 0 Å². The van der Waals surface area contributed by atoms with Gasteiger partial charge in [-0.2, -0.15) is 5.10 Å². The molecule has 2 heterocycles. The van der Waals surface area contributed by atoms with Crippen LogP contribution in [0.25, 0.3) is 11.3 Å². The number of nitrogens with two attached hydrogens (primary N) is 1. The van der Waals surface area contributed by atoms with Gasteiger partial charge in [0.15, 0.2) is 11.5 Å². The molecule has 2 aromatic rings. The smallest absolute Gasteiger partial charge is 0.170 e. The first-order valence-electron chi connectivity index (χ1n) is 5.04. The van der Waals surface area contributed by atoms with Gasteiger partial charge in [0.2, 0.25) is 0 Å². The van der Waals surface area contributed by atoms with E-state index in [-0.39, 0.29) is 0 Å². The fourth-order valence-electron chi connectivity index (χ4n) is 1.76. The van der Waals surface area contributed by atoms with E-state index in [1.807, 2.05) is 18.2 Å². The standard InChI is InChI=1S/C11H11N3O2/c12-10-6-8(13-14-10)7-2-1-3-9-11(7)16-5-4-15-9/h1-3,6H,4-5H2,(H3,12,13,14). The van der Waals surface area contributed by atoms with E-state index in [1.54, 1.807) is 6.07 Å². The Hall–Kier alpha value is -2.17. The predicted molar refractivity (Wildman–Crippen MR) is 59.4 cm³/mol. The van der Waals surface area contributed by atoms with E-state index in [0.29, 0.717) is 19.0 Å². The zero-order valence-corrected chi connectivity index (χ0v) is 8.56. The van der Waals surface area contributed by atoms with Gasteiger partial charge in [-0.15, -0.1) is 0 Å². The minimum atomic E-state index is 0.462. The summed E-state index contributed by atoms with van der Waals surface area (Å²) in [6.45, 7) is 1.15. The van der Waals surface area contributed by atoms with E-state index in [4.69, 9.17) is 15.2 Å². The van der Waals surface area contributed by atoms with Crippen LogP contribution >= 0.6 is 0 Å². The second kappa shape index (κ2) is 3.44. The predicted octanol–water partition coefficient (Wildman–Crippen LogP) is 1.43. The fraction of sp³-hybridized carbons (Fsp3) is 0.182. The number of anilines is 1. The lowest BCUT2D eigenvalue weighted by molar-refractivity contribution is 0.172. The summed E-state index contributed by atoms with van der Waals surface area (Å²) in [6, 6.07) is 7.52. The molecule has 5 nitrogen and oxygen atoms in total. The van der Waals surface area contributed by atoms with E-state index < -0.39 is 0 Å². The zero-order valence-electron chi connectivity index (χ0n) is 8.56. The van der Waals surface area contributed by atoms with Gasteiger partial charge >= 0.3 is 0 Å². The van der Waals surface area contributed by atoms with Crippen molar-refractivity contribution in [2.45, 2.75) is 0 Å². The van der Waals surface area contributed by atoms with Crippen molar-refractivity contribution >= 4 is 5.82 Å². The molecule has 82 valence electrons. The van der Waals surface area contributed by atoms with Crippen molar-refractivity contribution in [2.24, 2.45) is 0 Å². The van der Waals surface area contributed by atoms with Gasteiger partial charge in [0.05, 0.1) is 5.69 Å². The van der Waals surface area contributed by atoms with Crippen molar-refractivity contribution < 1.29 is 9.47 Å². The van der Waals surface area contributed by atoms with Gasteiger partial charge in [-0.05, 0) is 12.1 Å². The second-order valence-corrected chi connectivity index (χ2v) is 3.54. The average Bonchev–Trinajstić information content (AvgIpc) is 2.75. The third-order valence-electron chi connectivity index (χ3n) is 2.45. The van der Waals surface area contributed by atoms with Crippen molar-refractivity contribution in [1.82, 2.24) is 10.2 Å². The Labute approximate surface area is 92.2 Å². The van der Waals surface area contributed by atoms with E-state index in [2.05, 4.69) is 10.2 Å². The van der Waals surface area contributed by atoms with Crippen LogP contribution in [0.5, 0.6) is 11.5 Å². The quantitative estimate of drug-likeness (QED) is 0.757. The molecule has 0 aliphatic carbocycles. The minimum absolute atomic E-state index is 0.462. The molecule has 5 heteroatoms. The van der Waals surface area contributed by atoms with Gasteiger partial charge in [0.25, 0.3) is 0 Å². The highest BCUT2D eigenvalue weighted by Crippen LogP contribution is 2.39. The Morgan fingerprint density at radius 3 is 2.94 bits per heavy atom. The highest BCUT2D eigenvalue weighted by atomic mass is 16.6. The van der Waals surface area contributed by atoms with Crippen molar-refractivity contribution in [3.8, 4) is 22.8 Å². The summed E-state index contributed by atoms with van der Waals surface area (Å²) in [5, 5.41) is 6.76. The highest BCUT2D eigenvalue weighted by Gasteiger charge is 2.17. The summed E-state index contributed by atoms with van der Waals surface area (Å²) in [5.41, 5.74) is 7.33. The Bertz CT molecular complexity index is 522. The number of aromatic amines is 1. The number of aromatic nitrogens is 2. The number of rotatable bonds is 1. The number of nitrogen functional groups attached to an aromatic ring is 1.